The van der Waals surface area contributed by atoms with Crippen molar-refractivity contribution in [1.29, 1.82) is 0 Å². The van der Waals surface area contributed by atoms with Gasteiger partial charge in [-0.15, -0.1) is 11.8 Å². The normalized spacial score (nSPS) is 10.3. The number of aromatic nitrogens is 1. The first-order valence-corrected chi connectivity index (χ1v) is 10.1. The van der Waals surface area contributed by atoms with Crippen LogP contribution in [0.5, 0.6) is 0 Å². The fourth-order valence-electron chi connectivity index (χ4n) is 2.46. The van der Waals surface area contributed by atoms with Crippen molar-refractivity contribution in [1.82, 2.24) is 4.98 Å². The molecule has 142 valence electrons. The van der Waals surface area contributed by atoms with Crippen LogP contribution in [0, 0.1) is 0 Å². The Bertz CT molecular complexity index is 967. The summed E-state index contributed by atoms with van der Waals surface area (Å²) in [6.45, 7) is 0. The quantitative estimate of drug-likeness (QED) is 0.582. The molecular formula is C21H18ClN3O2S. The molecular weight excluding hydrogens is 394 g/mol. The highest BCUT2D eigenvalue weighted by molar-refractivity contribution is 7.99. The largest absolute Gasteiger partial charge is 0.325 e. The predicted molar refractivity (Wildman–Crippen MR) is 115 cm³/mol. The van der Waals surface area contributed by atoms with Crippen molar-refractivity contribution in [2.75, 3.05) is 16.4 Å². The van der Waals surface area contributed by atoms with Gasteiger partial charge in [0, 0.05) is 40.1 Å². The summed E-state index contributed by atoms with van der Waals surface area (Å²) < 4.78 is 0. The number of hydrogen-bond donors (Lipinski definition) is 2. The number of rotatable bonds is 7. The zero-order chi connectivity index (χ0) is 19.8. The number of carbonyl (C=O) groups is 2. The van der Waals surface area contributed by atoms with Crippen molar-refractivity contribution in [2.45, 2.75) is 5.75 Å². The van der Waals surface area contributed by atoms with Gasteiger partial charge < -0.3 is 10.6 Å². The predicted octanol–water partition coefficient (Wildman–Crippen LogP) is 4.86. The number of amides is 2. The van der Waals surface area contributed by atoms with Crippen molar-refractivity contribution in [3.63, 3.8) is 0 Å². The van der Waals surface area contributed by atoms with Crippen LogP contribution in [-0.2, 0) is 10.5 Å². The Morgan fingerprint density at radius 2 is 1.71 bits per heavy atom. The number of hydrogen-bond acceptors (Lipinski definition) is 4. The van der Waals surface area contributed by atoms with Crippen LogP contribution in [0.4, 0.5) is 11.4 Å². The Morgan fingerprint density at radius 3 is 2.50 bits per heavy atom. The molecule has 0 aliphatic heterocycles. The van der Waals surface area contributed by atoms with Gasteiger partial charge in [0.15, 0.2) is 0 Å². The van der Waals surface area contributed by atoms with E-state index < -0.39 is 0 Å². The van der Waals surface area contributed by atoms with Gasteiger partial charge in [-0.2, -0.15) is 0 Å². The maximum atomic E-state index is 12.3. The van der Waals surface area contributed by atoms with Crippen molar-refractivity contribution in [3.05, 3.63) is 89.2 Å². The maximum absolute atomic E-state index is 12.3. The third-order valence-electron chi connectivity index (χ3n) is 3.74. The molecule has 2 aromatic carbocycles. The van der Waals surface area contributed by atoms with Crippen LogP contribution < -0.4 is 10.6 Å². The molecule has 0 aliphatic rings. The van der Waals surface area contributed by atoms with Gasteiger partial charge in [0.1, 0.15) is 0 Å². The number of benzene rings is 2. The van der Waals surface area contributed by atoms with Gasteiger partial charge in [0.2, 0.25) is 5.91 Å². The molecule has 0 aliphatic carbocycles. The molecule has 2 amide bonds. The molecule has 28 heavy (non-hydrogen) atoms. The lowest BCUT2D eigenvalue weighted by molar-refractivity contribution is -0.113. The molecule has 7 heteroatoms. The summed E-state index contributed by atoms with van der Waals surface area (Å²) >= 11 is 7.46. The Labute approximate surface area is 172 Å². The molecule has 0 atom stereocenters. The Balaban J connectivity index is 1.52. The third-order valence-corrected chi connectivity index (χ3v) is 4.98. The van der Waals surface area contributed by atoms with E-state index in [1.807, 2.05) is 24.3 Å². The molecule has 0 saturated heterocycles. The second-order valence-corrected chi connectivity index (χ2v) is 7.36. The molecule has 2 N–H and O–H groups in total. The number of anilines is 2. The molecule has 0 saturated carbocycles. The van der Waals surface area contributed by atoms with E-state index in [4.69, 9.17) is 11.6 Å². The topological polar surface area (TPSA) is 71.1 Å². The van der Waals surface area contributed by atoms with E-state index in [1.165, 1.54) is 11.8 Å². The van der Waals surface area contributed by atoms with Gasteiger partial charge in [0.25, 0.3) is 5.91 Å². The summed E-state index contributed by atoms with van der Waals surface area (Å²) in [6, 6.07) is 17.8. The molecule has 0 radical (unpaired) electrons. The van der Waals surface area contributed by atoms with E-state index >= 15 is 0 Å². The minimum absolute atomic E-state index is 0.126. The van der Waals surface area contributed by atoms with Crippen molar-refractivity contribution >= 4 is 46.6 Å². The average Bonchev–Trinajstić information content (AvgIpc) is 2.69. The molecule has 0 spiro atoms. The number of nitrogens with zero attached hydrogens (tertiary/aromatic N) is 1. The third kappa shape index (κ3) is 6.11. The summed E-state index contributed by atoms with van der Waals surface area (Å²) in [6.07, 6.45) is 3.21. The smallest absolute Gasteiger partial charge is 0.255 e. The molecule has 3 aromatic rings. The van der Waals surface area contributed by atoms with Crippen LogP contribution in [0.25, 0.3) is 0 Å². The highest BCUT2D eigenvalue weighted by Gasteiger charge is 2.09. The zero-order valence-corrected chi connectivity index (χ0v) is 16.5. The first-order chi connectivity index (χ1) is 13.6. The van der Waals surface area contributed by atoms with E-state index in [-0.39, 0.29) is 11.8 Å². The van der Waals surface area contributed by atoms with Gasteiger partial charge >= 0.3 is 0 Å². The van der Waals surface area contributed by atoms with E-state index in [1.54, 1.807) is 48.8 Å². The molecule has 0 fully saturated rings. The Kier molecular flexibility index (Phi) is 7.06. The van der Waals surface area contributed by atoms with Gasteiger partial charge in [-0.05, 0) is 48.0 Å². The van der Waals surface area contributed by atoms with Gasteiger partial charge in [-0.1, -0.05) is 29.8 Å². The van der Waals surface area contributed by atoms with Crippen LogP contribution >= 0.6 is 23.4 Å². The fraction of sp³-hybridized carbons (Fsp3) is 0.0952. The summed E-state index contributed by atoms with van der Waals surface area (Å²) in [7, 11) is 0. The summed E-state index contributed by atoms with van der Waals surface area (Å²) in [4.78, 5) is 28.4. The van der Waals surface area contributed by atoms with Crippen LogP contribution in [0.1, 0.15) is 15.9 Å². The van der Waals surface area contributed by atoms with Crippen LogP contribution in [-0.4, -0.2) is 22.6 Å². The van der Waals surface area contributed by atoms with Crippen LogP contribution in [0.2, 0.25) is 5.02 Å². The second-order valence-electron chi connectivity index (χ2n) is 5.94. The SMILES string of the molecule is O=C(CSCc1cccc(Cl)c1)Nc1cccc(C(=O)Nc2ccncc2)c1. The van der Waals surface area contributed by atoms with Crippen molar-refractivity contribution in [2.24, 2.45) is 0 Å². The molecule has 1 aromatic heterocycles. The van der Waals surface area contributed by atoms with Gasteiger partial charge in [-0.3, -0.25) is 14.6 Å². The minimum atomic E-state index is -0.252. The standard InChI is InChI=1S/C21H18ClN3O2S/c22-17-5-1-3-15(11-17)13-28-14-20(26)24-19-6-2-4-16(12-19)21(27)25-18-7-9-23-10-8-18/h1-12H,13-14H2,(H,24,26)(H,23,25,27). The van der Waals surface area contributed by atoms with Crippen LogP contribution in [0.15, 0.2) is 73.1 Å². The average molecular weight is 412 g/mol. The van der Waals surface area contributed by atoms with E-state index in [2.05, 4.69) is 15.6 Å². The number of carbonyl (C=O) groups excluding carboxylic acids is 2. The first-order valence-electron chi connectivity index (χ1n) is 8.53. The van der Waals surface area contributed by atoms with E-state index in [9.17, 15) is 9.59 Å². The lowest BCUT2D eigenvalue weighted by atomic mass is 10.2. The zero-order valence-electron chi connectivity index (χ0n) is 14.9. The Morgan fingerprint density at radius 1 is 0.929 bits per heavy atom. The number of halogens is 1. The molecule has 5 nitrogen and oxygen atoms in total. The Hall–Kier alpha value is -2.83. The lowest BCUT2D eigenvalue weighted by Gasteiger charge is -2.08. The highest BCUT2D eigenvalue weighted by atomic mass is 35.5. The minimum Gasteiger partial charge on any atom is -0.325 e. The monoisotopic (exact) mass is 411 g/mol. The molecule has 3 rings (SSSR count). The molecule has 0 unspecified atom stereocenters. The number of thioether (sulfide) groups is 1. The van der Waals surface area contributed by atoms with Gasteiger partial charge in [-0.25, -0.2) is 0 Å². The second kappa shape index (κ2) is 9.92. The first kappa shape index (κ1) is 19.9. The summed E-state index contributed by atoms with van der Waals surface area (Å²) in [5, 5.41) is 6.30. The van der Waals surface area contributed by atoms with Crippen LogP contribution in [0.3, 0.4) is 0 Å². The molecule has 1 heterocycles. The maximum Gasteiger partial charge on any atom is 0.255 e. The van der Waals surface area contributed by atoms with Crippen molar-refractivity contribution in [3.8, 4) is 0 Å². The fourth-order valence-corrected chi connectivity index (χ4v) is 3.45. The highest BCUT2D eigenvalue weighted by Crippen LogP contribution is 2.18. The van der Waals surface area contributed by atoms with E-state index in [0.717, 1.165) is 5.56 Å². The molecule has 0 bridgehead atoms. The summed E-state index contributed by atoms with van der Waals surface area (Å²) in [5.74, 6) is 0.624. The van der Waals surface area contributed by atoms with Crippen molar-refractivity contribution < 1.29 is 9.59 Å². The summed E-state index contributed by atoms with van der Waals surface area (Å²) in [5.41, 5.74) is 2.77. The number of pyridine rings is 1. The number of nitrogens with one attached hydrogen (secondary N) is 2. The lowest BCUT2D eigenvalue weighted by Crippen LogP contribution is -2.16. The van der Waals surface area contributed by atoms with Gasteiger partial charge in [0.05, 0.1) is 5.75 Å². The van der Waals surface area contributed by atoms with E-state index in [0.29, 0.717) is 33.5 Å².